The summed E-state index contributed by atoms with van der Waals surface area (Å²) in [5, 5.41) is 5.94. The zero-order chi connectivity index (χ0) is 14.2. The van der Waals surface area contributed by atoms with Gasteiger partial charge in [0.15, 0.2) is 0 Å². The fourth-order valence-corrected chi connectivity index (χ4v) is 2.24. The van der Waals surface area contributed by atoms with Crippen molar-refractivity contribution < 1.29 is 13.2 Å². The lowest BCUT2D eigenvalue weighted by Gasteiger charge is -2.20. The van der Waals surface area contributed by atoms with Crippen LogP contribution in [0.15, 0.2) is 0 Å². The Morgan fingerprint density at radius 3 is 2.28 bits per heavy atom. The van der Waals surface area contributed by atoms with E-state index in [1.807, 2.05) is 20.8 Å². The molecule has 108 valence electrons. The van der Waals surface area contributed by atoms with Gasteiger partial charge in [0, 0.05) is 24.3 Å². The summed E-state index contributed by atoms with van der Waals surface area (Å²) in [6.45, 7) is 8.67. The van der Waals surface area contributed by atoms with Crippen LogP contribution in [-0.4, -0.2) is 44.5 Å². The smallest absolute Gasteiger partial charge is 0.221 e. The van der Waals surface area contributed by atoms with Crippen LogP contribution in [0.1, 0.15) is 40.5 Å². The number of rotatable bonds is 8. The maximum atomic E-state index is 11.4. The number of hydrogen-bond acceptors (Lipinski definition) is 4. The van der Waals surface area contributed by atoms with Gasteiger partial charge in [0.2, 0.25) is 5.91 Å². The third-order valence-electron chi connectivity index (χ3n) is 2.29. The Hall–Kier alpha value is -0.620. The minimum atomic E-state index is -2.87. The van der Waals surface area contributed by atoms with Crippen LogP contribution in [0.25, 0.3) is 0 Å². The molecule has 0 aliphatic heterocycles. The lowest BCUT2D eigenvalue weighted by atomic mass is 10.1. The molecule has 0 aromatic carbocycles. The SMILES string of the molecule is CCS(=O)(=O)CCCNCCC(=O)NC(C)(C)C. The van der Waals surface area contributed by atoms with Crippen LogP contribution in [0, 0.1) is 0 Å². The molecule has 0 aromatic heterocycles. The van der Waals surface area contributed by atoms with Crippen LogP contribution >= 0.6 is 0 Å². The first-order chi connectivity index (χ1) is 8.16. The van der Waals surface area contributed by atoms with E-state index in [-0.39, 0.29) is 23.0 Å². The first-order valence-electron chi connectivity index (χ1n) is 6.38. The molecular weight excluding hydrogens is 252 g/mol. The van der Waals surface area contributed by atoms with E-state index in [9.17, 15) is 13.2 Å². The van der Waals surface area contributed by atoms with E-state index < -0.39 is 9.84 Å². The molecule has 0 saturated carbocycles. The molecule has 0 radical (unpaired) electrons. The van der Waals surface area contributed by atoms with Gasteiger partial charge in [0.25, 0.3) is 0 Å². The predicted octanol–water partition coefficient (Wildman–Crippen LogP) is 0.706. The summed E-state index contributed by atoms with van der Waals surface area (Å²) in [5.74, 6) is 0.419. The van der Waals surface area contributed by atoms with E-state index in [1.54, 1.807) is 6.92 Å². The molecule has 6 heteroatoms. The second-order valence-electron chi connectivity index (χ2n) is 5.39. The standard InChI is InChI=1S/C12H26N2O3S/c1-5-18(16,17)10-6-8-13-9-7-11(15)14-12(2,3)4/h13H,5-10H2,1-4H3,(H,14,15). The molecule has 18 heavy (non-hydrogen) atoms. The highest BCUT2D eigenvalue weighted by molar-refractivity contribution is 7.91. The van der Waals surface area contributed by atoms with Gasteiger partial charge in [-0.1, -0.05) is 6.92 Å². The Morgan fingerprint density at radius 1 is 1.17 bits per heavy atom. The topological polar surface area (TPSA) is 75.3 Å². The van der Waals surface area contributed by atoms with E-state index >= 15 is 0 Å². The fourth-order valence-electron chi connectivity index (χ4n) is 1.37. The van der Waals surface area contributed by atoms with Crippen LogP contribution in [0.5, 0.6) is 0 Å². The molecular formula is C12H26N2O3S. The summed E-state index contributed by atoms with van der Waals surface area (Å²) in [5.41, 5.74) is -0.202. The van der Waals surface area contributed by atoms with Gasteiger partial charge in [0.1, 0.15) is 9.84 Å². The van der Waals surface area contributed by atoms with Gasteiger partial charge in [-0.05, 0) is 33.7 Å². The quantitative estimate of drug-likeness (QED) is 0.641. The molecule has 0 saturated heterocycles. The van der Waals surface area contributed by atoms with Crippen molar-refractivity contribution in [3.8, 4) is 0 Å². The van der Waals surface area contributed by atoms with Gasteiger partial charge in [-0.25, -0.2) is 8.42 Å². The van der Waals surface area contributed by atoms with Crippen LogP contribution < -0.4 is 10.6 Å². The average Bonchev–Trinajstić information content (AvgIpc) is 2.20. The monoisotopic (exact) mass is 278 g/mol. The summed E-state index contributed by atoms with van der Waals surface area (Å²) in [4.78, 5) is 11.4. The molecule has 0 unspecified atom stereocenters. The van der Waals surface area contributed by atoms with Crippen molar-refractivity contribution >= 4 is 15.7 Å². The van der Waals surface area contributed by atoms with E-state index in [0.717, 1.165) is 0 Å². The van der Waals surface area contributed by atoms with Gasteiger partial charge in [0.05, 0.1) is 5.75 Å². The highest BCUT2D eigenvalue weighted by atomic mass is 32.2. The van der Waals surface area contributed by atoms with E-state index in [0.29, 0.717) is 25.9 Å². The Bertz CT molecular complexity index is 345. The highest BCUT2D eigenvalue weighted by Gasteiger charge is 2.12. The van der Waals surface area contributed by atoms with Crippen molar-refractivity contribution in [1.29, 1.82) is 0 Å². The molecule has 1 amide bonds. The van der Waals surface area contributed by atoms with Crippen molar-refractivity contribution in [1.82, 2.24) is 10.6 Å². The maximum Gasteiger partial charge on any atom is 0.221 e. The highest BCUT2D eigenvalue weighted by Crippen LogP contribution is 1.98. The number of hydrogen-bond donors (Lipinski definition) is 2. The van der Waals surface area contributed by atoms with Crippen LogP contribution in [0.2, 0.25) is 0 Å². The predicted molar refractivity (Wildman–Crippen MR) is 74.3 cm³/mol. The van der Waals surface area contributed by atoms with Crippen molar-refractivity contribution in [2.24, 2.45) is 0 Å². The zero-order valence-electron chi connectivity index (χ0n) is 11.9. The minimum Gasteiger partial charge on any atom is -0.351 e. The van der Waals surface area contributed by atoms with Crippen LogP contribution in [0.4, 0.5) is 0 Å². The molecule has 5 nitrogen and oxygen atoms in total. The molecule has 0 rings (SSSR count). The van der Waals surface area contributed by atoms with E-state index in [2.05, 4.69) is 10.6 Å². The van der Waals surface area contributed by atoms with Gasteiger partial charge in [-0.3, -0.25) is 4.79 Å². The molecule has 0 aliphatic carbocycles. The van der Waals surface area contributed by atoms with Gasteiger partial charge < -0.3 is 10.6 Å². The third kappa shape index (κ3) is 10.5. The first-order valence-corrected chi connectivity index (χ1v) is 8.20. The molecule has 2 N–H and O–H groups in total. The number of sulfone groups is 1. The summed E-state index contributed by atoms with van der Waals surface area (Å²) in [6.07, 6.45) is 1.01. The molecule has 0 heterocycles. The molecule has 0 spiro atoms. The number of carbonyl (C=O) groups is 1. The van der Waals surface area contributed by atoms with Crippen LogP contribution in [0.3, 0.4) is 0 Å². The largest absolute Gasteiger partial charge is 0.351 e. The van der Waals surface area contributed by atoms with Gasteiger partial charge in [-0.2, -0.15) is 0 Å². The van der Waals surface area contributed by atoms with Crippen LogP contribution in [-0.2, 0) is 14.6 Å². The van der Waals surface area contributed by atoms with E-state index in [1.165, 1.54) is 0 Å². The molecule has 0 aliphatic rings. The van der Waals surface area contributed by atoms with Crippen molar-refractivity contribution in [3.05, 3.63) is 0 Å². The molecule has 0 fully saturated rings. The number of amides is 1. The number of nitrogens with one attached hydrogen (secondary N) is 2. The average molecular weight is 278 g/mol. The summed E-state index contributed by atoms with van der Waals surface area (Å²) in [7, 11) is -2.87. The lowest BCUT2D eigenvalue weighted by molar-refractivity contribution is -0.122. The molecule has 0 aromatic rings. The van der Waals surface area contributed by atoms with Gasteiger partial charge in [-0.15, -0.1) is 0 Å². The zero-order valence-corrected chi connectivity index (χ0v) is 12.7. The maximum absolute atomic E-state index is 11.4. The van der Waals surface area contributed by atoms with Gasteiger partial charge >= 0.3 is 0 Å². The summed E-state index contributed by atoms with van der Waals surface area (Å²) < 4.78 is 22.4. The normalized spacial score (nSPS) is 12.4. The molecule has 0 atom stereocenters. The summed E-state index contributed by atoms with van der Waals surface area (Å²) >= 11 is 0. The Balaban J connectivity index is 3.55. The first kappa shape index (κ1) is 17.4. The van der Waals surface area contributed by atoms with Crippen molar-refractivity contribution in [2.75, 3.05) is 24.6 Å². The Labute approximate surface area is 111 Å². The van der Waals surface area contributed by atoms with Crippen molar-refractivity contribution in [3.63, 3.8) is 0 Å². The fraction of sp³-hybridized carbons (Fsp3) is 0.917. The molecule has 0 bridgehead atoms. The van der Waals surface area contributed by atoms with E-state index in [4.69, 9.17) is 0 Å². The Kier molecular flexibility index (Phi) is 7.47. The minimum absolute atomic E-state index is 0.0104. The third-order valence-corrected chi connectivity index (χ3v) is 4.08. The van der Waals surface area contributed by atoms with Crippen molar-refractivity contribution in [2.45, 2.75) is 46.1 Å². The summed E-state index contributed by atoms with van der Waals surface area (Å²) in [6, 6.07) is 0. The second-order valence-corrected chi connectivity index (χ2v) is 7.86. The second kappa shape index (κ2) is 7.74. The Morgan fingerprint density at radius 2 is 1.78 bits per heavy atom. The lowest BCUT2D eigenvalue weighted by Crippen LogP contribution is -2.41. The number of carbonyl (C=O) groups excluding carboxylic acids is 1.